The van der Waals surface area contributed by atoms with Crippen LogP contribution in [-0.4, -0.2) is 44.8 Å². The standard InChI is InChI=1S/C14H19N3O4/c1-20-6-7-21-12-5-3-2-4-10(12)8-15-13(18)11-9-16-14(19)17-11/h2-5,11H,6-9H2,1H3,(H,15,18)(H2,16,17,19). The first-order valence-electron chi connectivity index (χ1n) is 6.72. The third kappa shape index (κ3) is 4.35. The minimum Gasteiger partial charge on any atom is -0.491 e. The van der Waals surface area contributed by atoms with Crippen molar-refractivity contribution in [3.63, 3.8) is 0 Å². The highest BCUT2D eigenvalue weighted by Crippen LogP contribution is 2.17. The summed E-state index contributed by atoms with van der Waals surface area (Å²) in [6, 6.07) is 6.62. The van der Waals surface area contributed by atoms with Crippen LogP contribution in [0.4, 0.5) is 4.79 Å². The van der Waals surface area contributed by atoms with E-state index in [9.17, 15) is 9.59 Å². The van der Waals surface area contributed by atoms with Crippen LogP contribution >= 0.6 is 0 Å². The maximum absolute atomic E-state index is 11.9. The average Bonchev–Trinajstić information content (AvgIpc) is 2.93. The Balaban J connectivity index is 1.87. The van der Waals surface area contributed by atoms with E-state index < -0.39 is 6.04 Å². The molecule has 1 aromatic rings. The summed E-state index contributed by atoms with van der Waals surface area (Å²) in [6.07, 6.45) is 0. The summed E-state index contributed by atoms with van der Waals surface area (Å²) in [7, 11) is 1.61. The van der Waals surface area contributed by atoms with Gasteiger partial charge in [0.1, 0.15) is 18.4 Å². The zero-order valence-electron chi connectivity index (χ0n) is 11.8. The molecule has 0 spiro atoms. The fraction of sp³-hybridized carbons (Fsp3) is 0.429. The third-order valence-corrected chi connectivity index (χ3v) is 3.06. The van der Waals surface area contributed by atoms with E-state index >= 15 is 0 Å². The van der Waals surface area contributed by atoms with Gasteiger partial charge in [0.15, 0.2) is 0 Å². The van der Waals surface area contributed by atoms with Gasteiger partial charge in [-0.2, -0.15) is 0 Å². The minimum atomic E-state index is -0.529. The molecule has 2 rings (SSSR count). The summed E-state index contributed by atoms with van der Waals surface area (Å²) in [5.74, 6) is 0.489. The van der Waals surface area contributed by atoms with E-state index in [1.165, 1.54) is 0 Å². The number of amides is 3. The fourth-order valence-corrected chi connectivity index (χ4v) is 1.94. The largest absolute Gasteiger partial charge is 0.491 e. The summed E-state index contributed by atoms with van der Waals surface area (Å²) in [5, 5.41) is 7.87. The van der Waals surface area contributed by atoms with Gasteiger partial charge in [0.25, 0.3) is 0 Å². The van der Waals surface area contributed by atoms with Gasteiger partial charge in [-0.1, -0.05) is 18.2 Å². The maximum Gasteiger partial charge on any atom is 0.315 e. The number of hydrogen-bond acceptors (Lipinski definition) is 4. The van der Waals surface area contributed by atoms with Gasteiger partial charge >= 0.3 is 6.03 Å². The van der Waals surface area contributed by atoms with E-state index in [4.69, 9.17) is 9.47 Å². The van der Waals surface area contributed by atoms with Crippen LogP contribution in [0.2, 0.25) is 0 Å². The Bertz CT molecular complexity index is 507. The molecule has 1 aliphatic rings. The quantitative estimate of drug-likeness (QED) is 0.618. The number of hydrogen-bond donors (Lipinski definition) is 3. The molecular formula is C14H19N3O4. The second-order valence-corrected chi connectivity index (χ2v) is 4.57. The maximum atomic E-state index is 11.9. The highest BCUT2D eigenvalue weighted by Gasteiger charge is 2.26. The number of benzene rings is 1. The Kier molecular flexibility index (Phi) is 5.39. The van der Waals surface area contributed by atoms with Gasteiger partial charge < -0.3 is 25.4 Å². The van der Waals surface area contributed by atoms with Gasteiger partial charge in [0, 0.05) is 25.8 Å². The summed E-state index contributed by atoms with van der Waals surface area (Å²) in [4.78, 5) is 22.9. The van der Waals surface area contributed by atoms with Crippen molar-refractivity contribution < 1.29 is 19.1 Å². The van der Waals surface area contributed by atoms with Crippen LogP contribution in [0, 0.1) is 0 Å². The lowest BCUT2D eigenvalue weighted by Crippen LogP contribution is -2.42. The number of urea groups is 1. The number of ether oxygens (including phenoxy) is 2. The number of carbonyl (C=O) groups excluding carboxylic acids is 2. The third-order valence-electron chi connectivity index (χ3n) is 3.06. The molecule has 3 N–H and O–H groups in total. The van der Waals surface area contributed by atoms with Crippen LogP contribution in [0.1, 0.15) is 5.56 Å². The van der Waals surface area contributed by atoms with Crippen LogP contribution in [-0.2, 0) is 16.1 Å². The average molecular weight is 293 g/mol. The van der Waals surface area contributed by atoms with Gasteiger partial charge in [-0.05, 0) is 6.07 Å². The number of nitrogens with one attached hydrogen (secondary N) is 3. The lowest BCUT2D eigenvalue weighted by atomic mass is 10.2. The smallest absolute Gasteiger partial charge is 0.315 e. The molecule has 7 heteroatoms. The van der Waals surface area contributed by atoms with Crippen molar-refractivity contribution in [3.05, 3.63) is 29.8 Å². The molecule has 3 amide bonds. The highest BCUT2D eigenvalue weighted by atomic mass is 16.5. The van der Waals surface area contributed by atoms with Crippen molar-refractivity contribution in [3.8, 4) is 5.75 Å². The lowest BCUT2D eigenvalue weighted by Gasteiger charge is -2.13. The molecule has 114 valence electrons. The normalized spacial score (nSPS) is 17.0. The molecule has 1 atom stereocenters. The van der Waals surface area contributed by atoms with Crippen molar-refractivity contribution in [1.82, 2.24) is 16.0 Å². The van der Waals surface area contributed by atoms with Crippen LogP contribution in [0.5, 0.6) is 5.75 Å². The van der Waals surface area contributed by atoms with Gasteiger partial charge in [0.2, 0.25) is 5.91 Å². The number of rotatable bonds is 7. The van der Waals surface area contributed by atoms with Gasteiger partial charge in [0.05, 0.1) is 6.61 Å². The molecule has 0 aliphatic carbocycles. The number of para-hydroxylation sites is 1. The van der Waals surface area contributed by atoms with E-state index in [0.717, 1.165) is 5.56 Å². The Morgan fingerprint density at radius 3 is 2.90 bits per heavy atom. The van der Waals surface area contributed by atoms with Crippen molar-refractivity contribution >= 4 is 11.9 Å². The van der Waals surface area contributed by atoms with Gasteiger partial charge in [-0.25, -0.2) is 4.79 Å². The Hall–Kier alpha value is -2.28. The zero-order chi connectivity index (χ0) is 15.1. The molecule has 1 aromatic carbocycles. The van der Waals surface area contributed by atoms with Crippen molar-refractivity contribution in [2.24, 2.45) is 0 Å². The molecule has 0 aromatic heterocycles. The predicted octanol–water partition coefficient (Wildman–Crippen LogP) is 0.00940. The molecule has 7 nitrogen and oxygen atoms in total. The molecule has 1 unspecified atom stereocenters. The second kappa shape index (κ2) is 7.49. The first kappa shape index (κ1) is 15.1. The summed E-state index contributed by atoms with van der Waals surface area (Å²) >= 11 is 0. The minimum absolute atomic E-state index is 0.222. The fourth-order valence-electron chi connectivity index (χ4n) is 1.94. The molecule has 1 aliphatic heterocycles. The predicted molar refractivity (Wildman–Crippen MR) is 76.0 cm³/mol. The van der Waals surface area contributed by atoms with E-state index in [0.29, 0.717) is 32.1 Å². The summed E-state index contributed by atoms with van der Waals surface area (Å²) < 4.78 is 10.5. The van der Waals surface area contributed by atoms with Crippen molar-refractivity contribution in [2.45, 2.75) is 12.6 Å². The molecule has 0 bridgehead atoms. The summed E-state index contributed by atoms with van der Waals surface area (Å²) in [5.41, 5.74) is 0.874. The topological polar surface area (TPSA) is 88.7 Å². The molecule has 0 saturated carbocycles. The second-order valence-electron chi connectivity index (χ2n) is 4.57. The molecule has 1 heterocycles. The lowest BCUT2D eigenvalue weighted by molar-refractivity contribution is -0.122. The number of carbonyl (C=O) groups is 2. The van der Waals surface area contributed by atoms with E-state index in [1.807, 2.05) is 24.3 Å². The monoisotopic (exact) mass is 293 g/mol. The van der Waals surface area contributed by atoms with Crippen LogP contribution in [0.25, 0.3) is 0 Å². The van der Waals surface area contributed by atoms with Crippen molar-refractivity contribution in [1.29, 1.82) is 0 Å². The van der Waals surface area contributed by atoms with Crippen LogP contribution in [0.15, 0.2) is 24.3 Å². The Morgan fingerprint density at radius 1 is 1.38 bits per heavy atom. The van der Waals surface area contributed by atoms with Crippen LogP contribution < -0.4 is 20.7 Å². The molecule has 21 heavy (non-hydrogen) atoms. The Labute approximate surface area is 123 Å². The van der Waals surface area contributed by atoms with Gasteiger partial charge in [-0.3, -0.25) is 4.79 Å². The molecular weight excluding hydrogens is 274 g/mol. The Morgan fingerprint density at radius 2 is 2.19 bits per heavy atom. The van der Waals surface area contributed by atoms with Crippen LogP contribution in [0.3, 0.4) is 0 Å². The van der Waals surface area contributed by atoms with Crippen molar-refractivity contribution in [2.75, 3.05) is 26.9 Å². The van der Waals surface area contributed by atoms with Gasteiger partial charge in [-0.15, -0.1) is 0 Å². The van der Waals surface area contributed by atoms with E-state index in [-0.39, 0.29) is 11.9 Å². The SMILES string of the molecule is COCCOc1ccccc1CNC(=O)C1CNC(=O)N1. The van der Waals surface area contributed by atoms with E-state index in [1.54, 1.807) is 7.11 Å². The number of methoxy groups -OCH3 is 1. The zero-order valence-corrected chi connectivity index (χ0v) is 11.8. The molecule has 1 saturated heterocycles. The first-order chi connectivity index (χ1) is 10.2. The summed E-state index contributed by atoms with van der Waals surface area (Å²) in [6.45, 7) is 1.59. The molecule has 0 radical (unpaired) electrons. The van der Waals surface area contributed by atoms with E-state index in [2.05, 4.69) is 16.0 Å². The molecule has 1 fully saturated rings. The first-order valence-corrected chi connectivity index (χ1v) is 6.72. The highest BCUT2D eigenvalue weighted by molar-refractivity contribution is 5.90.